The molecule has 0 saturated heterocycles. The van der Waals surface area contributed by atoms with Gasteiger partial charge in [-0.2, -0.15) is 0 Å². The van der Waals surface area contributed by atoms with E-state index in [2.05, 4.69) is 19.7 Å². The number of hydrogen-bond donors (Lipinski definition) is 1. The number of aromatic nitrogens is 3. The van der Waals surface area contributed by atoms with Gasteiger partial charge in [0.15, 0.2) is 0 Å². The molecule has 1 aliphatic heterocycles. The number of rotatable bonds is 5. The first-order chi connectivity index (χ1) is 11.0. The van der Waals surface area contributed by atoms with Crippen molar-refractivity contribution in [2.24, 2.45) is 5.92 Å². The van der Waals surface area contributed by atoms with Crippen LogP contribution in [-0.4, -0.2) is 44.0 Å². The van der Waals surface area contributed by atoms with Gasteiger partial charge in [-0.25, -0.2) is 4.39 Å². The molecule has 2 aromatic rings. The Morgan fingerprint density at radius 1 is 1.22 bits per heavy atom. The maximum Gasteiger partial charge on any atom is 0.147 e. The zero-order valence-corrected chi connectivity index (χ0v) is 13.6. The molecule has 5 nitrogen and oxygen atoms in total. The SMILES string of the molecule is CC(C)[C@@H](O)CN1CCn2c(Cc3ccccc3F)nnc2C1. The van der Waals surface area contributed by atoms with Gasteiger partial charge < -0.3 is 9.67 Å². The standard InChI is InChI=1S/C17H23FN4O/c1-12(2)15(23)10-21-7-8-22-16(19-20-17(22)11-21)9-13-5-3-4-6-14(13)18/h3-6,12,15,23H,7-11H2,1-2H3/t15-/m0/s1. The smallest absolute Gasteiger partial charge is 0.147 e. The molecule has 1 aliphatic rings. The third-order valence-electron chi connectivity index (χ3n) is 4.43. The van der Waals surface area contributed by atoms with E-state index in [1.807, 2.05) is 19.9 Å². The molecule has 2 heterocycles. The molecule has 0 spiro atoms. The zero-order chi connectivity index (χ0) is 16.4. The normalized spacial score (nSPS) is 16.6. The predicted octanol–water partition coefficient (Wildman–Crippen LogP) is 1.84. The first-order valence-electron chi connectivity index (χ1n) is 8.09. The lowest BCUT2D eigenvalue weighted by Gasteiger charge is -2.30. The first kappa shape index (κ1) is 16.1. The van der Waals surface area contributed by atoms with Gasteiger partial charge in [-0.05, 0) is 17.5 Å². The van der Waals surface area contributed by atoms with Crippen LogP contribution in [-0.2, 0) is 19.5 Å². The molecule has 0 bridgehead atoms. The Hall–Kier alpha value is -1.79. The number of nitrogens with zero attached hydrogens (tertiary/aromatic N) is 4. The highest BCUT2D eigenvalue weighted by Gasteiger charge is 2.23. The van der Waals surface area contributed by atoms with Crippen molar-refractivity contribution in [3.63, 3.8) is 0 Å². The van der Waals surface area contributed by atoms with E-state index in [4.69, 9.17) is 0 Å². The van der Waals surface area contributed by atoms with Crippen LogP contribution in [0.4, 0.5) is 4.39 Å². The van der Waals surface area contributed by atoms with E-state index in [0.29, 0.717) is 25.1 Å². The van der Waals surface area contributed by atoms with Crippen molar-refractivity contribution in [2.45, 2.75) is 39.5 Å². The van der Waals surface area contributed by atoms with Gasteiger partial charge in [0.25, 0.3) is 0 Å². The monoisotopic (exact) mass is 318 g/mol. The number of aliphatic hydroxyl groups excluding tert-OH is 1. The fourth-order valence-corrected chi connectivity index (χ4v) is 2.84. The molecule has 124 valence electrons. The van der Waals surface area contributed by atoms with Crippen molar-refractivity contribution in [1.82, 2.24) is 19.7 Å². The number of halogens is 1. The summed E-state index contributed by atoms with van der Waals surface area (Å²) in [5, 5.41) is 18.5. The van der Waals surface area contributed by atoms with Crippen LogP contribution in [0.5, 0.6) is 0 Å². The van der Waals surface area contributed by atoms with E-state index in [1.54, 1.807) is 12.1 Å². The second-order valence-electron chi connectivity index (χ2n) is 6.50. The van der Waals surface area contributed by atoms with Crippen LogP contribution in [0.1, 0.15) is 31.1 Å². The molecule has 0 fully saturated rings. The third kappa shape index (κ3) is 3.59. The van der Waals surface area contributed by atoms with Crippen molar-refractivity contribution in [3.8, 4) is 0 Å². The van der Waals surface area contributed by atoms with E-state index in [0.717, 1.165) is 24.7 Å². The Balaban J connectivity index is 1.70. The molecule has 1 N–H and O–H groups in total. The molecule has 0 amide bonds. The molecule has 3 rings (SSSR count). The number of hydrogen-bond acceptors (Lipinski definition) is 4. The Kier molecular flexibility index (Phi) is 4.73. The highest BCUT2D eigenvalue weighted by molar-refractivity contribution is 5.21. The predicted molar refractivity (Wildman–Crippen MR) is 85.3 cm³/mol. The van der Waals surface area contributed by atoms with Crippen LogP contribution >= 0.6 is 0 Å². The van der Waals surface area contributed by atoms with Crippen molar-refractivity contribution in [3.05, 3.63) is 47.3 Å². The molecule has 0 radical (unpaired) electrons. The fourth-order valence-electron chi connectivity index (χ4n) is 2.84. The van der Waals surface area contributed by atoms with E-state index >= 15 is 0 Å². The number of aliphatic hydroxyl groups is 1. The average Bonchev–Trinajstić information content (AvgIpc) is 2.92. The number of benzene rings is 1. The molecule has 23 heavy (non-hydrogen) atoms. The molecular weight excluding hydrogens is 295 g/mol. The minimum atomic E-state index is -0.331. The number of β-amino-alcohol motifs (C(OH)–C–C–N with tert-alkyl or cyclic N) is 1. The molecule has 0 unspecified atom stereocenters. The molecule has 0 aliphatic carbocycles. The molecule has 1 aromatic heterocycles. The van der Waals surface area contributed by atoms with Gasteiger partial charge in [0.05, 0.1) is 12.6 Å². The van der Waals surface area contributed by atoms with E-state index in [9.17, 15) is 9.50 Å². The summed E-state index contributed by atoms with van der Waals surface area (Å²) in [7, 11) is 0. The Labute approximate surface area is 135 Å². The van der Waals surface area contributed by atoms with Crippen LogP contribution in [0.2, 0.25) is 0 Å². The lowest BCUT2D eigenvalue weighted by molar-refractivity contribution is 0.0642. The van der Waals surface area contributed by atoms with Crippen LogP contribution < -0.4 is 0 Å². The fraction of sp³-hybridized carbons (Fsp3) is 0.529. The first-order valence-corrected chi connectivity index (χ1v) is 8.09. The quantitative estimate of drug-likeness (QED) is 0.914. The Bertz CT molecular complexity index is 670. The minimum Gasteiger partial charge on any atom is -0.392 e. The van der Waals surface area contributed by atoms with E-state index < -0.39 is 0 Å². The summed E-state index contributed by atoms with van der Waals surface area (Å²) in [6, 6.07) is 6.78. The lowest BCUT2D eigenvalue weighted by atomic mass is 10.1. The lowest BCUT2D eigenvalue weighted by Crippen LogP contribution is -2.40. The third-order valence-corrected chi connectivity index (χ3v) is 4.43. The van der Waals surface area contributed by atoms with Crippen molar-refractivity contribution in [2.75, 3.05) is 13.1 Å². The molecule has 1 aromatic carbocycles. The van der Waals surface area contributed by atoms with Gasteiger partial charge >= 0.3 is 0 Å². The summed E-state index contributed by atoms with van der Waals surface area (Å²) >= 11 is 0. The summed E-state index contributed by atoms with van der Waals surface area (Å²) in [6.45, 7) is 6.98. The largest absolute Gasteiger partial charge is 0.392 e. The van der Waals surface area contributed by atoms with E-state index in [-0.39, 0.29) is 17.8 Å². The average molecular weight is 318 g/mol. The summed E-state index contributed by atoms with van der Waals surface area (Å²) < 4.78 is 15.9. The maximum absolute atomic E-state index is 13.8. The van der Waals surface area contributed by atoms with Crippen LogP contribution in [0.15, 0.2) is 24.3 Å². The summed E-state index contributed by atoms with van der Waals surface area (Å²) in [5.41, 5.74) is 0.639. The second kappa shape index (κ2) is 6.76. The summed E-state index contributed by atoms with van der Waals surface area (Å²) in [5.74, 6) is 1.72. The van der Waals surface area contributed by atoms with Gasteiger partial charge in [0.1, 0.15) is 17.5 Å². The van der Waals surface area contributed by atoms with Gasteiger partial charge in [-0.3, -0.25) is 4.90 Å². The molecule has 1 atom stereocenters. The van der Waals surface area contributed by atoms with Crippen molar-refractivity contribution < 1.29 is 9.50 Å². The Morgan fingerprint density at radius 3 is 2.74 bits per heavy atom. The molecular formula is C17H23FN4O. The number of fused-ring (bicyclic) bond motifs is 1. The Morgan fingerprint density at radius 2 is 2.00 bits per heavy atom. The molecule has 6 heteroatoms. The van der Waals surface area contributed by atoms with Crippen molar-refractivity contribution >= 4 is 0 Å². The maximum atomic E-state index is 13.8. The molecule has 0 saturated carbocycles. The highest BCUT2D eigenvalue weighted by Crippen LogP contribution is 2.17. The van der Waals surface area contributed by atoms with Crippen molar-refractivity contribution in [1.29, 1.82) is 0 Å². The highest BCUT2D eigenvalue weighted by atomic mass is 19.1. The summed E-state index contributed by atoms with van der Waals surface area (Å²) in [4.78, 5) is 2.20. The van der Waals surface area contributed by atoms with E-state index in [1.165, 1.54) is 6.07 Å². The zero-order valence-electron chi connectivity index (χ0n) is 13.6. The summed E-state index contributed by atoms with van der Waals surface area (Å²) in [6.07, 6.45) is 0.122. The van der Waals surface area contributed by atoms with Gasteiger partial charge in [-0.1, -0.05) is 32.0 Å². The second-order valence-corrected chi connectivity index (χ2v) is 6.50. The van der Waals surface area contributed by atoms with Crippen LogP contribution in [0.25, 0.3) is 0 Å². The minimum absolute atomic E-state index is 0.206. The van der Waals surface area contributed by atoms with Crippen LogP contribution in [0.3, 0.4) is 0 Å². The van der Waals surface area contributed by atoms with Crippen LogP contribution in [0, 0.1) is 11.7 Å². The van der Waals surface area contributed by atoms with Gasteiger partial charge in [0.2, 0.25) is 0 Å². The topological polar surface area (TPSA) is 54.2 Å². The van der Waals surface area contributed by atoms with Gasteiger partial charge in [0, 0.05) is 26.1 Å². The van der Waals surface area contributed by atoms with Gasteiger partial charge in [-0.15, -0.1) is 10.2 Å².